The first-order valence-electron chi connectivity index (χ1n) is 11.4. The number of rotatable bonds is 5. The first kappa shape index (κ1) is 21.8. The summed E-state index contributed by atoms with van der Waals surface area (Å²) < 4.78 is 1.47. The molecule has 0 spiro atoms. The average molecular weight is 460 g/mol. The molecule has 0 bridgehead atoms. The number of para-hydroxylation sites is 2. The van der Waals surface area contributed by atoms with Crippen molar-refractivity contribution in [3.8, 4) is 0 Å². The highest BCUT2D eigenvalue weighted by molar-refractivity contribution is 6.19. The van der Waals surface area contributed by atoms with Crippen molar-refractivity contribution in [2.75, 3.05) is 24.5 Å². The summed E-state index contributed by atoms with van der Waals surface area (Å²) in [6, 6.07) is 15.7. The molecule has 2 saturated heterocycles. The van der Waals surface area contributed by atoms with Crippen LogP contribution in [0.2, 0.25) is 0 Å². The number of aryl methyl sites for hydroxylation is 1. The number of likely N-dealkylation sites (tertiary alicyclic amines) is 1. The minimum atomic E-state index is -0.302. The Morgan fingerprint density at radius 1 is 0.941 bits per heavy atom. The molecule has 174 valence electrons. The van der Waals surface area contributed by atoms with Crippen molar-refractivity contribution in [2.24, 2.45) is 0 Å². The molecule has 34 heavy (non-hydrogen) atoms. The molecule has 9 nitrogen and oxygen atoms in total. The Hall–Kier alpha value is -4.01. The smallest absolute Gasteiger partial charge is 0.332 e. The molecule has 3 heterocycles. The molecule has 2 aliphatic rings. The lowest BCUT2D eigenvalue weighted by molar-refractivity contribution is -0.133. The van der Waals surface area contributed by atoms with Crippen LogP contribution in [0.15, 0.2) is 65.7 Å². The second-order valence-corrected chi connectivity index (χ2v) is 8.60. The molecule has 9 heteroatoms. The number of piperidine rings is 1. The van der Waals surface area contributed by atoms with Crippen molar-refractivity contribution in [3.05, 3.63) is 71.3 Å². The Labute approximate surface area is 196 Å². The normalized spacial score (nSPS) is 17.1. The van der Waals surface area contributed by atoms with Crippen LogP contribution in [-0.4, -0.2) is 62.9 Å². The van der Waals surface area contributed by atoms with Crippen LogP contribution in [0.5, 0.6) is 0 Å². The molecule has 1 aromatic heterocycles. The van der Waals surface area contributed by atoms with E-state index in [0.29, 0.717) is 42.5 Å². The summed E-state index contributed by atoms with van der Waals surface area (Å²) >= 11 is 0. The number of benzene rings is 2. The first-order chi connectivity index (χ1) is 16.5. The predicted octanol–water partition coefficient (Wildman–Crippen LogP) is 2.25. The maximum atomic E-state index is 12.9. The number of fused-ring (bicyclic) bond motifs is 1. The fourth-order valence-electron chi connectivity index (χ4n) is 4.70. The van der Waals surface area contributed by atoms with Crippen molar-refractivity contribution in [1.82, 2.24) is 19.4 Å². The van der Waals surface area contributed by atoms with Crippen LogP contribution in [0.25, 0.3) is 10.9 Å². The average Bonchev–Trinajstić information content (AvgIpc) is 3.17. The molecular weight excluding hydrogens is 434 g/mol. The number of urea groups is 1. The van der Waals surface area contributed by atoms with Crippen LogP contribution in [-0.2, 0) is 16.1 Å². The number of aromatic nitrogens is 2. The third-order valence-electron chi connectivity index (χ3n) is 6.56. The molecule has 2 aliphatic heterocycles. The van der Waals surface area contributed by atoms with E-state index in [1.807, 2.05) is 12.1 Å². The summed E-state index contributed by atoms with van der Waals surface area (Å²) in [6.45, 7) is 1.35. The van der Waals surface area contributed by atoms with Gasteiger partial charge in [0.2, 0.25) is 5.91 Å². The molecule has 2 aromatic carbocycles. The van der Waals surface area contributed by atoms with Crippen molar-refractivity contribution in [2.45, 2.75) is 31.8 Å². The zero-order chi connectivity index (χ0) is 23.7. The number of hydrogen-bond donors (Lipinski definition) is 0. The highest BCUT2D eigenvalue weighted by Crippen LogP contribution is 2.26. The van der Waals surface area contributed by atoms with Gasteiger partial charge >= 0.3 is 6.03 Å². The van der Waals surface area contributed by atoms with E-state index in [4.69, 9.17) is 0 Å². The number of anilines is 1. The minimum absolute atomic E-state index is 0.0340. The molecule has 0 atom stereocenters. The van der Waals surface area contributed by atoms with E-state index >= 15 is 0 Å². The van der Waals surface area contributed by atoms with Gasteiger partial charge in [0.1, 0.15) is 6.54 Å². The van der Waals surface area contributed by atoms with Gasteiger partial charge in [-0.25, -0.2) is 14.7 Å². The molecule has 3 aromatic rings. The zero-order valence-corrected chi connectivity index (χ0v) is 18.7. The van der Waals surface area contributed by atoms with Crippen molar-refractivity contribution in [1.29, 1.82) is 0 Å². The van der Waals surface area contributed by atoms with Crippen molar-refractivity contribution < 1.29 is 14.4 Å². The van der Waals surface area contributed by atoms with Crippen LogP contribution >= 0.6 is 0 Å². The summed E-state index contributed by atoms with van der Waals surface area (Å²) in [7, 11) is 0. The highest BCUT2D eigenvalue weighted by Gasteiger charge is 2.41. The first-order valence-corrected chi connectivity index (χ1v) is 11.4. The molecule has 0 N–H and O–H groups in total. The standard InChI is InChI=1S/C25H25N5O4/c31-22(12-15-28-17-26-21-9-5-4-8-20(21)24(28)33)27-13-10-18(11-14-27)29-16-23(32)30(25(29)34)19-6-2-1-3-7-19/h1-9,17-18H,10-16H2. The van der Waals surface area contributed by atoms with Gasteiger partial charge in [0, 0.05) is 32.1 Å². The Kier molecular flexibility index (Phi) is 5.83. The molecule has 5 rings (SSSR count). The largest absolute Gasteiger partial charge is 0.342 e. The molecule has 4 amide bonds. The second-order valence-electron chi connectivity index (χ2n) is 8.60. The van der Waals surface area contributed by atoms with Gasteiger partial charge in [0.15, 0.2) is 0 Å². The second kappa shape index (κ2) is 9.09. The predicted molar refractivity (Wildman–Crippen MR) is 126 cm³/mol. The van der Waals surface area contributed by atoms with E-state index in [9.17, 15) is 19.2 Å². The van der Waals surface area contributed by atoms with E-state index in [1.165, 1.54) is 15.8 Å². The lowest BCUT2D eigenvalue weighted by Crippen LogP contribution is -2.48. The number of amides is 4. The van der Waals surface area contributed by atoms with Crippen LogP contribution in [0.4, 0.5) is 10.5 Å². The van der Waals surface area contributed by atoms with Gasteiger partial charge in [-0.3, -0.25) is 19.0 Å². The van der Waals surface area contributed by atoms with E-state index in [-0.39, 0.29) is 49.0 Å². The van der Waals surface area contributed by atoms with Gasteiger partial charge in [-0.15, -0.1) is 0 Å². The fourth-order valence-corrected chi connectivity index (χ4v) is 4.70. The van der Waals surface area contributed by atoms with Gasteiger partial charge in [-0.1, -0.05) is 30.3 Å². The summed E-state index contributed by atoms with van der Waals surface area (Å²) in [4.78, 5) is 59.8. The molecule has 0 unspecified atom stereocenters. The molecule has 0 radical (unpaired) electrons. The van der Waals surface area contributed by atoms with Crippen LogP contribution in [0, 0.1) is 0 Å². The highest BCUT2D eigenvalue weighted by atomic mass is 16.2. The van der Waals surface area contributed by atoms with Crippen LogP contribution < -0.4 is 10.5 Å². The molecule has 0 aliphatic carbocycles. The summed E-state index contributed by atoms with van der Waals surface area (Å²) in [5.74, 6) is -0.266. The number of imide groups is 1. The van der Waals surface area contributed by atoms with E-state index < -0.39 is 0 Å². The SMILES string of the molecule is O=C(CCn1cnc2ccccc2c1=O)N1CCC(N2CC(=O)N(c3ccccc3)C2=O)CC1. The Balaban J connectivity index is 1.17. The molecule has 2 fully saturated rings. The van der Waals surface area contributed by atoms with Crippen LogP contribution in [0.3, 0.4) is 0 Å². The molecule has 0 saturated carbocycles. The maximum absolute atomic E-state index is 12.9. The van der Waals surface area contributed by atoms with Gasteiger partial charge in [-0.05, 0) is 37.1 Å². The third-order valence-corrected chi connectivity index (χ3v) is 6.56. The Bertz CT molecular complexity index is 1300. The quantitative estimate of drug-likeness (QED) is 0.546. The lowest BCUT2D eigenvalue weighted by Gasteiger charge is -2.36. The fraction of sp³-hybridized carbons (Fsp3) is 0.320. The van der Waals surface area contributed by atoms with Crippen molar-refractivity contribution >= 4 is 34.4 Å². The number of hydrogen-bond acceptors (Lipinski definition) is 5. The maximum Gasteiger partial charge on any atom is 0.332 e. The summed E-state index contributed by atoms with van der Waals surface area (Å²) in [5, 5.41) is 0.535. The number of nitrogens with zero attached hydrogens (tertiary/aromatic N) is 5. The van der Waals surface area contributed by atoms with Gasteiger partial charge in [-0.2, -0.15) is 0 Å². The monoisotopic (exact) mass is 459 g/mol. The number of carbonyl (C=O) groups excluding carboxylic acids is 3. The molecular formula is C25H25N5O4. The van der Waals surface area contributed by atoms with Crippen molar-refractivity contribution in [3.63, 3.8) is 0 Å². The minimum Gasteiger partial charge on any atom is -0.342 e. The van der Waals surface area contributed by atoms with E-state index in [1.54, 1.807) is 52.3 Å². The van der Waals surface area contributed by atoms with E-state index in [0.717, 1.165) is 0 Å². The third kappa shape index (κ3) is 4.05. The lowest BCUT2D eigenvalue weighted by atomic mass is 10.0. The van der Waals surface area contributed by atoms with Gasteiger partial charge in [0.25, 0.3) is 11.5 Å². The zero-order valence-electron chi connectivity index (χ0n) is 18.7. The van der Waals surface area contributed by atoms with Gasteiger partial charge in [0.05, 0.1) is 22.9 Å². The number of carbonyl (C=O) groups is 3. The Morgan fingerprint density at radius 3 is 2.41 bits per heavy atom. The van der Waals surface area contributed by atoms with E-state index in [2.05, 4.69) is 4.98 Å². The summed E-state index contributed by atoms with van der Waals surface area (Å²) in [5.41, 5.74) is 1.06. The summed E-state index contributed by atoms with van der Waals surface area (Å²) in [6.07, 6.45) is 2.92. The van der Waals surface area contributed by atoms with Gasteiger partial charge < -0.3 is 9.80 Å². The van der Waals surface area contributed by atoms with Crippen LogP contribution in [0.1, 0.15) is 19.3 Å². The topological polar surface area (TPSA) is 95.8 Å². The Morgan fingerprint density at radius 2 is 1.65 bits per heavy atom.